The summed E-state index contributed by atoms with van der Waals surface area (Å²) in [6.07, 6.45) is 2.00. The summed E-state index contributed by atoms with van der Waals surface area (Å²) in [5.74, 6) is 1.29. The first-order valence-electron chi connectivity index (χ1n) is 5.16. The van der Waals surface area contributed by atoms with Crippen LogP contribution >= 0.6 is 0 Å². The quantitative estimate of drug-likeness (QED) is 0.721. The second kappa shape index (κ2) is 4.02. The molecular formula is C10H15N3O2. The average Bonchev–Trinajstić information content (AvgIpc) is 2.63. The SMILES string of the molecule is Cc1nc(N2CCCC2CO)cc(=O)[nH]1. The molecule has 82 valence electrons. The first kappa shape index (κ1) is 10.2. The second-order valence-corrected chi connectivity index (χ2v) is 3.86. The third-order valence-corrected chi connectivity index (χ3v) is 2.73. The molecule has 1 aromatic rings. The van der Waals surface area contributed by atoms with Crippen molar-refractivity contribution in [2.45, 2.75) is 25.8 Å². The van der Waals surface area contributed by atoms with E-state index in [2.05, 4.69) is 9.97 Å². The third-order valence-electron chi connectivity index (χ3n) is 2.73. The highest BCUT2D eigenvalue weighted by molar-refractivity contribution is 5.40. The molecule has 5 heteroatoms. The van der Waals surface area contributed by atoms with E-state index in [-0.39, 0.29) is 18.2 Å². The Balaban J connectivity index is 2.32. The minimum atomic E-state index is -0.138. The standard InChI is InChI=1S/C10H15N3O2/c1-7-11-9(5-10(15)12-7)13-4-2-3-8(13)6-14/h5,8,14H,2-4,6H2,1H3,(H,11,12,15). The molecule has 0 bridgehead atoms. The van der Waals surface area contributed by atoms with Crippen LogP contribution in [0.15, 0.2) is 10.9 Å². The smallest absolute Gasteiger partial charge is 0.252 e. The molecule has 0 aliphatic carbocycles. The van der Waals surface area contributed by atoms with Gasteiger partial charge in [-0.05, 0) is 19.8 Å². The lowest BCUT2D eigenvalue weighted by molar-refractivity contribution is 0.266. The number of rotatable bonds is 2. The van der Waals surface area contributed by atoms with Gasteiger partial charge in [-0.25, -0.2) is 4.98 Å². The van der Waals surface area contributed by atoms with Gasteiger partial charge in [-0.3, -0.25) is 4.79 Å². The predicted molar refractivity (Wildman–Crippen MR) is 57.0 cm³/mol. The van der Waals surface area contributed by atoms with E-state index in [1.807, 2.05) is 4.90 Å². The Morgan fingerprint density at radius 1 is 1.73 bits per heavy atom. The lowest BCUT2D eigenvalue weighted by Gasteiger charge is -2.23. The number of H-pyrrole nitrogens is 1. The fourth-order valence-corrected chi connectivity index (χ4v) is 2.04. The minimum Gasteiger partial charge on any atom is -0.394 e. The van der Waals surface area contributed by atoms with Crippen molar-refractivity contribution in [3.63, 3.8) is 0 Å². The van der Waals surface area contributed by atoms with Crippen LogP contribution in [0.2, 0.25) is 0 Å². The van der Waals surface area contributed by atoms with Gasteiger partial charge in [-0.15, -0.1) is 0 Å². The number of aliphatic hydroxyl groups is 1. The summed E-state index contributed by atoms with van der Waals surface area (Å²) < 4.78 is 0. The van der Waals surface area contributed by atoms with Crippen LogP contribution in [0.25, 0.3) is 0 Å². The fraction of sp³-hybridized carbons (Fsp3) is 0.600. The van der Waals surface area contributed by atoms with Gasteiger partial charge in [0, 0.05) is 12.6 Å². The molecule has 0 amide bonds. The third kappa shape index (κ3) is 2.02. The van der Waals surface area contributed by atoms with E-state index >= 15 is 0 Å². The van der Waals surface area contributed by atoms with Gasteiger partial charge >= 0.3 is 0 Å². The number of aryl methyl sites for hydroxylation is 1. The Morgan fingerprint density at radius 2 is 2.53 bits per heavy atom. The van der Waals surface area contributed by atoms with Crippen LogP contribution in [0.1, 0.15) is 18.7 Å². The highest BCUT2D eigenvalue weighted by Crippen LogP contribution is 2.22. The zero-order valence-corrected chi connectivity index (χ0v) is 8.73. The molecule has 2 N–H and O–H groups in total. The largest absolute Gasteiger partial charge is 0.394 e. The van der Waals surface area contributed by atoms with Crippen molar-refractivity contribution in [3.8, 4) is 0 Å². The van der Waals surface area contributed by atoms with Crippen LogP contribution in [-0.4, -0.2) is 34.3 Å². The summed E-state index contributed by atoms with van der Waals surface area (Å²) in [5, 5.41) is 9.18. The number of nitrogens with zero attached hydrogens (tertiary/aromatic N) is 2. The Kier molecular flexibility index (Phi) is 2.73. The molecule has 1 aliphatic heterocycles. The van der Waals surface area contributed by atoms with Crippen molar-refractivity contribution in [1.29, 1.82) is 0 Å². The normalized spacial score (nSPS) is 20.9. The van der Waals surface area contributed by atoms with E-state index in [9.17, 15) is 9.90 Å². The fourth-order valence-electron chi connectivity index (χ4n) is 2.04. The molecule has 1 fully saturated rings. The second-order valence-electron chi connectivity index (χ2n) is 3.86. The summed E-state index contributed by atoms with van der Waals surface area (Å²) >= 11 is 0. The number of hydrogen-bond donors (Lipinski definition) is 2. The number of aliphatic hydroxyl groups excluding tert-OH is 1. The number of aromatic nitrogens is 2. The summed E-state index contributed by atoms with van der Waals surface area (Å²) in [4.78, 5) is 20.2. The zero-order chi connectivity index (χ0) is 10.8. The van der Waals surface area contributed by atoms with Crippen molar-refractivity contribution in [1.82, 2.24) is 9.97 Å². The predicted octanol–water partition coefficient (Wildman–Crippen LogP) is 0.0394. The zero-order valence-electron chi connectivity index (χ0n) is 8.73. The van der Waals surface area contributed by atoms with Gasteiger partial charge in [0.25, 0.3) is 5.56 Å². The molecule has 15 heavy (non-hydrogen) atoms. The van der Waals surface area contributed by atoms with Gasteiger partial charge in [0.1, 0.15) is 11.6 Å². The maximum atomic E-state index is 11.3. The van der Waals surface area contributed by atoms with Gasteiger partial charge in [0.15, 0.2) is 0 Å². The Hall–Kier alpha value is -1.36. The van der Waals surface area contributed by atoms with Crippen LogP contribution in [0, 0.1) is 6.92 Å². The lowest BCUT2D eigenvalue weighted by atomic mass is 10.2. The molecule has 2 rings (SSSR count). The number of anilines is 1. The number of nitrogens with one attached hydrogen (secondary N) is 1. The summed E-state index contributed by atoms with van der Waals surface area (Å²) in [6.45, 7) is 2.74. The monoisotopic (exact) mass is 209 g/mol. The summed E-state index contributed by atoms with van der Waals surface area (Å²) in [5.41, 5.74) is -0.138. The van der Waals surface area contributed by atoms with Gasteiger partial charge in [0.2, 0.25) is 0 Å². The molecule has 0 radical (unpaired) electrons. The van der Waals surface area contributed by atoms with Crippen molar-refractivity contribution in [2.24, 2.45) is 0 Å². The van der Waals surface area contributed by atoms with Crippen LogP contribution in [0.4, 0.5) is 5.82 Å². The number of hydrogen-bond acceptors (Lipinski definition) is 4. The minimum absolute atomic E-state index is 0.110. The molecule has 0 saturated carbocycles. The Bertz CT molecular complexity index is 402. The highest BCUT2D eigenvalue weighted by Gasteiger charge is 2.25. The molecule has 1 atom stereocenters. The molecule has 1 saturated heterocycles. The van der Waals surface area contributed by atoms with E-state index in [0.29, 0.717) is 11.6 Å². The Morgan fingerprint density at radius 3 is 3.20 bits per heavy atom. The molecule has 5 nitrogen and oxygen atoms in total. The van der Waals surface area contributed by atoms with Crippen molar-refractivity contribution < 1.29 is 5.11 Å². The van der Waals surface area contributed by atoms with Gasteiger partial charge < -0.3 is 15.0 Å². The maximum absolute atomic E-state index is 11.3. The molecule has 2 heterocycles. The summed E-state index contributed by atoms with van der Waals surface area (Å²) in [7, 11) is 0. The van der Waals surface area contributed by atoms with Gasteiger partial charge in [-0.1, -0.05) is 0 Å². The molecule has 0 aromatic carbocycles. The van der Waals surface area contributed by atoms with E-state index in [4.69, 9.17) is 0 Å². The first-order chi connectivity index (χ1) is 7.20. The molecular weight excluding hydrogens is 194 g/mol. The van der Waals surface area contributed by atoms with Crippen LogP contribution in [-0.2, 0) is 0 Å². The average molecular weight is 209 g/mol. The highest BCUT2D eigenvalue weighted by atomic mass is 16.3. The molecule has 1 aromatic heterocycles. The summed E-state index contributed by atoms with van der Waals surface area (Å²) in [6, 6.07) is 1.60. The van der Waals surface area contributed by atoms with E-state index in [1.54, 1.807) is 6.92 Å². The maximum Gasteiger partial charge on any atom is 0.252 e. The topological polar surface area (TPSA) is 69.2 Å². The van der Waals surface area contributed by atoms with Crippen molar-refractivity contribution >= 4 is 5.82 Å². The first-order valence-corrected chi connectivity index (χ1v) is 5.16. The Labute approximate surface area is 87.8 Å². The molecule has 0 spiro atoms. The van der Waals surface area contributed by atoms with Gasteiger partial charge in [-0.2, -0.15) is 0 Å². The molecule has 1 aliphatic rings. The lowest BCUT2D eigenvalue weighted by Crippen LogP contribution is -2.33. The van der Waals surface area contributed by atoms with Gasteiger partial charge in [0.05, 0.1) is 12.6 Å². The number of aromatic amines is 1. The van der Waals surface area contributed by atoms with Crippen LogP contribution in [0.5, 0.6) is 0 Å². The van der Waals surface area contributed by atoms with E-state index in [0.717, 1.165) is 19.4 Å². The van der Waals surface area contributed by atoms with E-state index in [1.165, 1.54) is 6.07 Å². The van der Waals surface area contributed by atoms with Crippen LogP contribution in [0.3, 0.4) is 0 Å². The van der Waals surface area contributed by atoms with Crippen molar-refractivity contribution in [3.05, 3.63) is 22.2 Å². The van der Waals surface area contributed by atoms with Crippen molar-refractivity contribution in [2.75, 3.05) is 18.1 Å². The van der Waals surface area contributed by atoms with E-state index < -0.39 is 0 Å². The molecule has 1 unspecified atom stereocenters. The van der Waals surface area contributed by atoms with Crippen LogP contribution < -0.4 is 10.5 Å².